The van der Waals surface area contributed by atoms with Crippen molar-refractivity contribution in [3.63, 3.8) is 0 Å². The second-order valence-corrected chi connectivity index (χ2v) is 5.89. The van der Waals surface area contributed by atoms with E-state index < -0.39 is 24.4 Å². The number of alkyl halides is 3. The fraction of sp³-hybridized carbons (Fsp3) is 0.643. The Morgan fingerprint density at radius 3 is 2.57 bits per heavy atom. The molecule has 0 aromatic carbocycles. The van der Waals surface area contributed by atoms with Crippen molar-refractivity contribution in [2.24, 2.45) is 0 Å². The lowest BCUT2D eigenvalue weighted by atomic mass is 10.2. The maximum absolute atomic E-state index is 12.4. The van der Waals surface area contributed by atoms with Crippen LogP contribution in [0.4, 0.5) is 23.8 Å². The van der Waals surface area contributed by atoms with Crippen LogP contribution in [0, 0.1) is 0 Å². The average Bonchev–Trinajstić information content (AvgIpc) is 3.26. The first kappa shape index (κ1) is 16.0. The topological polar surface area (TPSA) is 67.3 Å². The number of likely N-dealkylation sites (tertiary alicyclic amines) is 1. The van der Waals surface area contributed by atoms with Crippen molar-refractivity contribution < 1.29 is 22.7 Å². The van der Waals surface area contributed by atoms with Crippen LogP contribution in [0.1, 0.15) is 31.4 Å². The number of hydrogen-bond donors (Lipinski definition) is 1. The van der Waals surface area contributed by atoms with E-state index in [1.54, 1.807) is 6.07 Å². The van der Waals surface area contributed by atoms with Gasteiger partial charge in [-0.3, -0.25) is 5.32 Å². The molecule has 0 radical (unpaired) electrons. The predicted octanol–water partition coefficient (Wildman–Crippen LogP) is 2.54. The third-order valence-electron chi connectivity index (χ3n) is 3.91. The summed E-state index contributed by atoms with van der Waals surface area (Å²) in [5.74, 6) is 0.809. The van der Waals surface area contributed by atoms with Gasteiger partial charge in [0.05, 0.1) is 24.9 Å². The van der Waals surface area contributed by atoms with Crippen LogP contribution in [0.15, 0.2) is 12.1 Å². The number of urea groups is 1. The van der Waals surface area contributed by atoms with Gasteiger partial charge in [-0.2, -0.15) is 18.3 Å². The van der Waals surface area contributed by atoms with Gasteiger partial charge in [0.1, 0.15) is 0 Å². The van der Waals surface area contributed by atoms with Gasteiger partial charge in [0, 0.05) is 5.92 Å². The number of ether oxygens (including phenoxy) is 1. The summed E-state index contributed by atoms with van der Waals surface area (Å²) in [5, 5.41) is 10.5. The Labute approximate surface area is 131 Å². The number of halogens is 3. The van der Waals surface area contributed by atoms with Crippen LogP contribution in [0.5, 0.6) is 0 Å². The molecule has 126 valence electrons. The van der Waals surface area contributed by atoms with Gasteiger partial charge in [-0.05, 0) is 31.9 Å². The summed E-state index contributed by atoms with van der Waals surface area (Å²) in [6, 6.07) is 3.09. The lowest BCUT2D eigenvalue weighted by molar-refractivity contribution is -0.236. The second-order valence-electron chi connectivity index (χ2n) is 5.89. The smallest absolute Gasteiger partial charge is 0.362 e. The van der Waals surface area contributed by atoms with E-state index in [2.05, 4.69) is 15.5 Å². The molecule has 1 unspecified atom stereocenters. The van der Waals surface area contributed by atoms with Crippen LogP contribution < -0.4 is 5.32 Å². The van der Waals surface area contributed by atoms with E-state index in [-0.39, 0.29) is 13.1 Å². The zero-order chi connectivity index (χ0) is 16.6. The van der Waals surface area contributed by atoms with Crippen LogP contribution in [-0.2, 0) is 4.74 Å². The van der Waals surface area contributed by atoms with Crippen molar-refractivity contribution in [3.8, 4) is 0 Å². The molecule has 3 rings (SSSR count). The number of amides is 2. The van der Waals surface area contributed by atoms with Crippen LogP contribution in [0.3, 0.4) is 0 Å². The molecule has 2 aliphatic rings. The molecule has 9 heteroatoms. The van der Waals surface area contributed by atoms with Gasteiger partial charge in [0.15, 0.2) is 11.9 Å². The fourth-order valence-electron chi connectivity index (χ4n) is 2.25. The van der Waals surface area contributed by atoms with Crippen LogP contribution in [0.2, 0.25) is 0 Å². The van der Waals surface area contributed by atoms with Crippen molar-refractivity contribution in [3.05, 3.63) is 17.8 Å². The maximum Gasteiger partial charge on any atom is 0.414 e. The van der Waals surface area contributed by atoms with Crippen molar-refractivity contribution in [1.29, 1.82) is 0 Å². The highest BCUT2D eigenvalue weighted by atomic mass is 19.4. The summed E-state index contributed by atoms with van der Waals surface area (Å²) >= 11 is 0. The largest absolute Gasteiger partial charge is 0.414 e. The predicted molar refractivity (Wildman–Crippen MR) is 75.0 cm³/mol. The molecule has 23 heavy (non-hydrogen) atoms. The highest BCUT2D eigenvalue weighted by Crippen LogP contribution is 2.38. The molecule has 1 aromatic heterocycles. The summed E-state index contributed by atoms with van der Waals surface area (Å²) < 4.78 is 42.0. The number of aromatic nitrogens is 2. The molecule has 1 atom stereocenters. The van der Waals surface area contributed by atoms with Gasteiger partial charge in [-0.15, -0.1) is 5.10 Å². The van der Waals surface area contributed by atoms with Crippen LogP contribution in [-0.4, -0.2) is 52.6 Å². The van der Waals surface area contributed by atoms with Gasteiger partial charge in [-0.1, -0.05) is 0 Å². The molecule has 1 aromatic rings. The maximum atomic E-state index is 12.4. The highest BCUT2D eigenvalue weighted by Gasteiger charge is 2.41. The number of carbonyl (C=O) groups is 1. The first-order valence-corrected chi connectivity index (χ1v) is 7.44. The van der Waals surface area contributed by atoms with Gasteiger partial charge in [-0.25, -0.2) is 4.79 Å². The van der Waals surface area contributed by atoms with E-state index in [9.17, 15) is 18.0 Å². The lowest BCUT2D eigenvalue weighted by Crippen LogP contribution is -2.57. The third-order valence-corrected chi connectivity index (χ3v) is 3.91. The number of anilines is 1. The molecule has 0 bridgehead atoms. The van der Waals surface area contributed by atoms with Crippen molar-refractivity contribution in [2.75, 3.05) is 18.4 Å². The van der Waals surface area contributed by atoms with E-state index in [4.69, 9.17) is 4.74 Å². The number of hydrogen-bond acceptors (Lipinski definition) is 4. The quantitative estimate of drug-likeness (QED) is 0.921. The molecule has 1 saturated carbocycles. The standard InChI is InChI=1S/C14H17F3N4O2/c1-8(14(15,16)17)23-10-6-21(7-10)13(22)18-12-5-4-11(19-20-12)9-2-3-9/h4-5,8-10H,2-3,6-7H2,1H3,(H,18,20,22). The van der Waals surface area contributed by atoms with Gasteiger partial charge in [0.2, 0.25) is 0 Å². The third kappa shape index (κ3) is 3.90. The van der Waals surface area contributed by atoms with Crippen LogP contribution in [0.25, 0.3) is 0 Å². The lowest BCUT2D eigenvalue weighted by Gasteiger charge is -2.40. The Hall–Kier alpha value is -1.90. The SMILES string of the molecule is CC(OC1CN(C(=O)Nc2ccc(C3CC3)nn2)C1)C(F)(F)F. The van der Waals surface area contributed by atoms with Crippen molar-refractivity contribution in [2.45, 2.75) is 44.1 Å². The van der Waals surface area contributed by atoms with E-state index >= 15 is 0 Å². The number of nitrogens with zero attached hydrogens (tertiary/aromatic N) is 3. The highest BCUT2D eigenvalue weighted by molar-refractivity contribution is 5.88. The Morgan fingerprint density at radius 2 is 2.04 bits per heavy atom. The van der Waals surface area contributed by atoms with E-state index in [1.165, 1.54) is 4.90 Å². The number of carbonyl (C=O) groups excluding carboxylic acids is 1. The number of nitrogens with one attached hydrogen (secondary N) is 1. The summed E-state index contributed by atoms with van der Waals surface area (Å²) in [6.07, 6.45) is -4.58. The minimum atomic E-state index is -4.39. The summed E-state index contributed by atoms with van der Waals surface area (Å²) in [4.78, 5) is 13.3. The van der Waals surface area contributed by atoms with Gasteiger partial charge in [0.25, 0.3) is 0 Å². The minimum Gasteiger partial charge on any atom is -0.362 e. The number of rotatable bonds is 4. The summed E-state index contributed by atoms with van der Waals surface area (Å²) in [7, 11) is 0. The van der Waals surface area contributed by atoms with Gasteiger partial charge >= 0.3 is 12.2 Å². The molecule has 1 saturated heterocycles. The van der Waals surface area contributed by atoms with Crippen molar-refractivity contribution >= 4 is 11.8 Å². The molecule has 1 aliphatic heterocycles. The van der Waals surface area contributed by atoms with E-state index in [0.717, 1.165) is 25.5 Å². The van der Waals surface area contributed by atoms with Gasteiger partial charge < -0.3 is 9.64 Å². The minimum absolute atomic E-state index is 0.125. The molecule has 1 N–H and O–H groups in total. The first-order chi connectivity index (χ1) is 10.8. The summed E-state index contributed by atoms with van der Waals surface area (Å²) in [5.41, 5.74) is 0.918. The molecule has 2 heterocycles. The monoisotopic (exact) mass is 330 g/mol. The zero-order valence-corrected chi connectivity index (χ0v) is 12.5. The molecular weight excluding hydrogens is 313 g/mol. The molecule has 0 spiro atoms. The van der Waals surface area contributed by atoms with Crippen molar-refractivity contribution in [1.82, 2.24) is 15.1 Å². The van der Waals surface area contributed by atoms with Crippen LogP contribution >= 0.6 is 0 Å². The molecular formula is C14H17F3N4O2. The second kappa shape index (κ2) is 5.95. The Morgan fingerprint density at radius 1 is 1.35 bits per heavy atom. The normalized spacial score (nSPS) is 20.1. The Balaban J connectivity index is 1.43. The molecule has 2 amide bonds. The van der Waals surface area contributed by atoms with E-state index in [1.807, 2.05) is 6.07 Å². The molecule has 6 nitrogen and oxygen atoms in total. The Bertz CT molecular complexity index is 568. The Kier molecular flexibility index (Phi) is 4.13. The molecule has 2 fully saturated rings. The zero-order valence-electron chi connectivity index (χ0n) is 12.5. The molecule has 1 aliphatic carbocycles. The fourth-order valence-corrected chi connectivity index (χ4v) is 2.25. The average molecular weight is 330 g/mol. The van der Waals surface area contributed by atoms with E-state index in [0.29, 0.717) is 11.7 Å². The first-order valence-electron chi connectivity index (χ1n) is 7.44. The summed E-state index contributed by atoms with van der Waals surface area (Å²) in [6.45, 7) is 1.21.